The number of carbonyl (C=O) groups excluding carboxylic acids is 2. The van der Waals surface area contributed by atoms with Crippen LogP contribution in [-0.2, 0) is 21.9 Å². The predicted molar refractivity (Wildman–Crippen MR) is 113 cm³/mol. The maximum absolute atomic E-state index is 12.0. The SMILES string of the molecule is CNC(=C[N+](=O)[O-])NCCSCc1ccc(CN(C)CC(=O)C(=O)C(C)(C)N=O)o1. The monoisotopic (exact) mass is 441 g/mol. The van der Waals surface area contributed by atoms with Crippen molar-refractivity contribution >= 4 is 23.3 Å². The molecule has 0 saturated heterocycles. The zero-order valence-corrected chi connectivity index (χ0v) is 18.3. The van der Waals surface area contributed by atoms with E-state index in [0.29, 0.717) is 36.2 Å². The highest BCUT2D eigenvalue weighted by atomic mass is 32.2. The Bertz CT molecular complexity index is 792. The summed E-state index contributed by atoms with van der Waals surface area (Å²) < 4.78 is 5.73. The van der Waals surface area contributed by atoms with Gasteiger partial charge >= 0.3 is 0 Å². The number of nitro groups is 1. The van der Waals surface area contributed by atoms with Crippen LogP contribution >= 0.6 is 11.8 Å². The first-order valence-electron chi connectivity index (χ1n) is 9.12. The third-order valence-corrected chi connectivity index (χ3v) is 4.89. The van der Waals surface area contributed by atoms with Crippen molar-refractivity contribution in [2.75, 3.05) is 32.9 Å². The van der Waals surface area contributed by atoms with E-state index in [9.17, 15) is 24.6 Å². The second-order valence-corrected chi connectivity index (χ2v) is 8.11. The number of furan rings is 1. The number of Topliss-reactive ketones (excluding diaryl/α,β-unsaturated/α-hetero) is 2. The molecule has 0 bridgehead atoms. The first kappa shape index (κ1) is 25.3. The highest BCUT2D eigenvalue weighted by Gasteiger charge is 2.34. The number of ketones is 2. The fourth-order valence-electron chi connectivity index (χ4n) is 2.34. The van der Waals surface area contributed by atoms with E-state index in [1.807, 2.05) is 6.07 Å². The molecule has 1 aromatic heterocycles. The van der Waals surface area contributed by atoms with Crippen molar-refractivity contribution in [3.8, 4) is 0 Å². The minimum atomic E-state index is -1.56. The average Bonchev–Trinajstić information content (AvgIpc) is 3.12. The molecule has 11 nitrogen and oxygen atoms in total. The summed E-state index contributed by atoms with van der Waals surface area (Å²) in [5, 5.41) is 18.8. The fraction of sp³-hybridized carbons (Fsp3) is 0.556. The smallest absolute Gasteiger partial charge is 0.274 e. The minimum absolute atomic E-state index is 0.139. The molecule has 0 amide bonds. The first-order chi connectivity index (χ1) is 14.1. The van der Waals surface area contributed by atoms with Gasteiger partial charge in [-0.1, -0.05) is 5.18 Å². The van der Waals surface area contributed by atoms with Gasteiger partial charge in [0.1, 0.15) is 11.5 Å². The summed E-state index contributed by atoms with van der Waals surface area (Å²) in [6, 6.07) is 3.63. The standard InChI is InChI=1S/C18H27N5O6S/c1-18(2,21-26)17(25)15(24)10-22(4)9-13-5-6-14(29-13)12-30-8-7-20-16(19-3)11-23(27)28/h5-6,11,19-20H,7-10,12H2,1-4H3. The number of hydrogen-bond acceptors (Lipinski definition) is 11. The number of nitroso groups, excluding NO2 is 1. The molecule has 0 aliphatic heterocycles. The largest absolute Gasteiger partial charge is 0.464 e. The van der Waals surface area contributed by atoms with Crippen molar-refractivity contribution in [2.45, 2.75) is 31.7 Å². The van der Waals surface area contributed by atoms with Crippen LogP contribution in [0.1, 0.15) is 25.4 Å². The van der Waals surface area contributed by atoms with Crippen molar-refractivity contribution in [3.05, 3.63) is 50.7 Å². The second kappa shape index (κ2) is 12.1. The minimum Gasteiger partial charge on any atom is -0.464 e. The number of carbonyl (C=O) groups is 2. The molecule has 12 heteroatoms. The second-order valence-electron chi connectivity index (χ2n) is 7.00. The Labute approximate surface area is 178 Å². The van der Waals surface area contributed by atoms with E-state index < -0.39 is 22.0 Å². The molecular formula is C18H27N5O6S. The molecule has 0 aromatic carbocycles. The third-order valence-electron chi connectivity index (χ3n) is 3.90. The summed E-state index contributed by atoms with van der Waals surface area (Å²) in [6.45, 7) is 3.36. The van der Waals surface area contributed by atoms with Crippen LogP contribution in [0.25, 0.3) is 0 Å². The van der Waals surface area contributed by atoms with E-state index in [2.05, 4.69) is 15.8 Å². The molecule has 1 heterocycles. The molecule has 30 heavy (non-hydrogen) atoms. The van der Waals surface area contributed by atoms with Gasteiger partial charge in [-0.3, -0.25) is 24.6 Å². The zero-order valence-electron chi connectivity index (χ0n) is 17.5. The van der Waals surface area contributed by atoms with Gasteiger partial charge in [0, 0.05) is 19.3 Å². The summed E-state index contributed by atoms with van der Waals surface area (Å²) in [5.74, 6) is 1.58. The van der Waals surface area contributed by atoms with Crippen LogP contribution in [0.4, 0.5) is 0 Å². The lowest BCUT2D eigenvalue weighted by Gasteiger charge is -2.17. The Kier molecular flexibility index (Phi) is 10.2. The lowest BCUT2D eigenvalue weighted by Crippen LogP contribution is -2.40. The molecule has 0 radical (unpaired) electrons. The van der Waals surface area contributed by atoms with E-state index >= 15 is 0 Å². The van der Waals surface area contributed by atoms with Crippen LogP contribution in [-0.4, -0.2) is 59.9 Å². The molecule has 0 atom stereocenters. The summed E-state index contributed by atoms with van der Waals surface area (Å²) in [6.07, 6.45) is 0.870. The van der Waals surface area contributed by atoms with Gasteiger partial charge in [-0.15, -0.1) is 4.91 Å². The third kappa shape index (κ3) is 8.74. The normalized spacial score (nSPS) is 12.0. The Morgan fingerprint density at radius 3 is 2.63 bits per heavy atom. The van der Waals surface area contributed by atoms with Gasteiger partial charge in [0.2, 0.25) is 11.6 Å². The maximum atomic E-state index is 12.0. The van der Waals surface area contributed by atoms with Gasteiger partial charge < -0.3 is 15.1 Å². The van der Waals surface area contributed by atoms with Crippen molar-refractivity contribution in [1.29, 1.82) is 0 Å². The topological polar surface area (TPSA) is 147 Å². The summed E-state index contributed by atoms with van der Waals surface area (Å²) in [7, 11) is 3.27. The van der Waals surface area contributed by atoms with Gasteiger partial charge in [-0.05, 0) is 33.0 Å². The van der Waals surface area contributed by atoms with Crippen molar-refractivity contribution in [3.63, 3.8) is 0 Å². The zero-order chi connectivity index (χ0) is 22.7. The number of thioether (sulfide) groups is 1. The van der Waals surface area contributed by atoms with Crippen LogP contribution in [0.15, 0.2) is 33.7 Å². The first-order valence-corrected chi connectivity index (χ1v) is 10.3. The number of hydrogen-bond donors (Lipinski definition) is 2. The highest BCUT2D eigenvalue weighted by Crippen LogP contribution is 2.17. The molecule has 0 aliphatic rings. The lowest BCUT2D eigenvalue weighted by atomic mass is 9.97. The van der Waals surface area contributed by atoms with Crippen LogP contribution < -0.4 is 10.6 Å². The van der Waals surface area contributed by atoms with E-state index in [0.717, 1.165) is 12.0 Å². The number of likely N-dealkylation sites (N-methyl/N-ethyl adjacent to an activating group) is 1. The summed E-state index contributed by atoms with van der Waals surface area (Å²) in [4.78, 5) is 46.2. The molecule has 0 aliphatic carbocycles. The van der Waals surface area contributed by atoms with Gasteiger partial charge in [0.05, 0.1) is 23.8 Å². The van der Waals surface area contributed by atoms with E-state index in [-0.39, 0.29) is 6.54 Å². The van der Waals surface area contributed by atoms with Gasteiger partial charge in [0.25, 0.3) is 6.20 Å². The highest BCUT2D eigenvalue weighted by molar-refractivity contribution is 7.98. The van der Waals surface area contributed by atoms with Crippen molar-refractivity contribution < 1.29 is 18.9 Å². The van der Waals surface area contributed by atoms with Crippen LogP contribution in [0, 0.1) is 15.0 Å². The molecule has 166 valence electrons. The van der Waals surface area contributed by atoms with Crippen LogP contribution in [0.2, 0.25) is 0 Å². The molecule has 0 unspecified atom stereocenters. The molecular weight excluding hydrogens is 414 g/mol. The average molecular weight is 442 g/mol. The van der Waals surface area contributed by atoms with Crippen LogP contribution in [0.3, 0.4) is 0 Å². The Morgan fingerprint density at radius 2 is 2.03 bits per heavy atom. The van der Waals surface area contributed by atoms with Gasteiger partial charge in [-0.25, -0.2) is 0 Å². The predicted octanol–water partition coefficient (Wildman–Crippen LogP) is 1.51. The van der Waals surface area contributed by atoms with E-state index in [1.165, 1.54) is 13.8 Å². The Hall–Kier alpha value is -2.73. The molecule has 0 spiro atoms. The summed E-state index contributed by atoms with van der Waals surface area (Å²) >= 11 is 1.60. The molecule has 0 saturated carbocycles. The molecule has 1 rings (SSSR count). The maximum Gasteiger partial charge on any atom is 0.274 e. The lowest BCUT2D eigenvalue weighted by molar-refractivity contribution is -0.404. The van der Waals surface area contributed by atoms with E-state index in [1.54, 1.807) is 36.8 Å². The number of nitrogens with one attached hydrogen (secondary N) is 2. The summed E-state index contributed by atoms with van der Waals surface area (Å²) in [5.41, 5.74) is -1.56. The van der Waals surface area contributed by atoms with E-state index in [4.69, 9.17) is 4.42 Å². The molecule has 2 N–H and O–H groups in total. The van der Waals surface area contributed by atoms with Crippen molar-refractivity contribution in [2.24, 2.45) is 5.18 Å². The number of rotatable bonds is 15. The molecule has 1 aromatic rings. The fourth-order valence-corrected chi connectivity index (χ4v) is 3.09. The van der Waals surface area contributed by atoms with Gasteiger partial charge in [0.15, 0.2) is 11.4 Å². The molecule has 0 fully saturated rings. The van der Waals surface area contributed by atoms with Gasteiger partial charge in [-0.2, -0.15) is 11.8 Å². The Balaban J connectivity index is 2.39. The van der Waals surface area contributed by atoms with Crippen molar-refractivity contribution in [1.82, 2.24) is 15.5 Å². The quantitative estimate of drug-likeness (QED) is 0.135. The number of nitrogens with zero attached hydrogens (tertiary/aromatic N) is 3. The Morgan fingerprint density at radius 1 is 1.37 bits per heavy atom. The van der Waals surface area contributed by atoms with Crippen LogP contribution in [0.5, 0.6) is 0 Å².